The second-order valence-corrected chi connectivity index (χ2v) is 10.6. The molecule has 4 aromatic heterocycles. The third-order valence-corrected chi connectivity index (χ3v) is 6.86. The van der Waals surface area contributed by atoms with Gasteiger partial charge in [-0.15, -0.1) is 0 Å². The van der Waals surface area contributed by atoms with Crippen LogP contribution in [0.3, 0.4) is 0 Å². The predicted molar refractivity (Wildman–Crippen MR) is 172 cm³/mol. The van der Waals surface area contributed by atoms with Gasteiger partial charge < -0.3 is 55.3 Å². The first kappa shape index (κ1) is 34.6. The van der Waals surface area contributed by atoms with Crippen LogP contribution in [0.1, 0.15) is 55.1 Å². The fourth-order valence-electron chi connectivity index (χ4n) is 4.57. The van der Waals surface area contributed by atoms with E-state index in [0.29, 0.717) is 11.4 Å². The Kier molecular flexibility index (Phi) is 10.8. The molecule has 0 saturated carbocycles. The van der Waals surface area contributed by atoms with Gasteiger partial charge in [-0.1, -0.05) is 0 Å². The highest BCUT2D eigenvalue weighted by molar-refractivity contribution is 6.04. The first-order valence-electron chi connectivity index (χ1n) is 14.5. The normalized spacial score (nSPS) is 10.7. The number of carbonyl (C=O) groups is 6. The molecule has 0 atom stereocenters. The van der Waals surface area contributed by atoms with E-state index >= 15 is 0 Å². The molecule has 0 radical (unpaired) electrons. The second kappa shape index (κ2) is 14.9. The van der Waals surface area contributed by atoms with Crippen LogP contribution in [0.4, 0.5) is 23.0 Å². The number of ether oxygens (including phenoxy) is 1. The van der Waals surface area contributed by atoms with Gasteiger partial charge in [0.15, 0.2) is 11.6 Å². The number of amides is 5. The Balaban J connectivity index is 1.27. The SMILES string of the molecule is COC(=O)c1cc(NC(=O)c2nc(NC(=O)CCNC(=O)c3cc(NC(=O)c4nc(NC(=O)CCN)cn4C)cn3C)cn2C)cn1C. The third kappa shape index (κ3) is 8.31. The van der Waals surface area contributed by atoms with Crippen LogP contribution < -0.4 is 32.3 Å². The summed E-state index contributed by atoms with van der Waals surface area (Å²) in [6.45, 7) is 0.163. The van der Waals surface area contributed by atoms with Crippen LogP contribution in [0, 0.1) is 0 Å². The van der Waals surface area contributed by atoms with Gasteiger partial charge in [-0.25, -0.2) is 14.8 Å². The van der Waals surface area contributed by atoms with Crippen LogP contribution >= 0.6 is 0 Å². The zero-order valence-electron chi connectivity index (χ0n) is 26.9. The summed E-state index contributed by atoms with van der Waals surface area (Å²) in [6.07, 6.45) is 6.05. The van der Waals surface area contributed by atoms with Gasteiger partial charge in [-0.05, 0) is 12.1 Å². The summed E-state index contributed by atoms with van der Waals surface area (Å²) in [5.41, 5.74) is 6.52. The van der Waals surface area contributed by atoms with E-state index in [-0.39, 0.29) is 66.5 Å². The van der Waals surface area contributed by atoms with Crippen molar-refractivity contribution in [2.75, 3.05) is 41.5 Å². The fraction of sp³-hybridized carbons (Fsp3) is 0.310. The molecule has 0 spiro atoms. The summed E-state index contributed by atoms with van der Waals surface area (Å²) in [6, 6.07) is 2.93. The Labute approximate surface area is 273 Å². The average Bonchev–Trinajstić information content (AvgIpc) is 3.78. The van der Waals surface area contributed by atoms with E-state index in [4.69, 9.17) is 10.5 Å². The molecule has 0 saturated heterocycles. The molecule has 48 heavy (non-hydrogen) atoms. The lowest BCUT2D eigenvalue weighted by Gasteiger charge is -2.06. The molecule has 254 valence electrons. The molecule has 19 heteroatoms. The van der Waals surface area contributed by atoms with Gasteiger partial charge in [-0.2, -0.15) is 0 Å². The molecule has 7 N–H and O–H groups in total. The van der Waals surface area contributed by atoms with Gasteiger partial charge in [0.1, 0.15) is 11.4 Å². The molecular weight excluding hydrogens is 628 g/mol. The summed E-state index contributed by atoms with van der Waals surface area (Å²) in [5.74, 6) is -2.59. The molecule has 0 aliphatic heterocycles. The molecule has 0 aromatic carbocycles. The minimum Gasteiger partial charge on any atom is -0.464 e. The van der Waals surface area contributed by atoms with Crippen molar-refractivity contribution < 1.29 is 33.5 Å². The van der Waals surface area contributed by atoms with Gasteiger partial charge in [0.05, 0.1) is 18.5 Å². The quantitative estimate of drug-likeness (QED) is 0.106. The number of nitrogens with one attached hydrogen (secondary N) is 5. The fourth-order valence-corrected chi connectivity index (χ4v) is 4.57. The summed E-state index contributed by atoms with van der Waals surface area (Å²) in [5, 5.41) is 13.1. The van der Waals surface area contributed by atoms with Crippen molar-refractivity contribution >= 4 is 58.5 Å². The Morgan fingerprint density at radius 1 is 0.667 bits per heavy atom. The van der Waals surface area contributed by atoms with Crippen LogP contribution in [0.15, 0.2) is 36.9 Å². The van der Waals surface area contributed by atoms with Crippen molar-refractivity contribution in [2.45, 2.75) is 12.8 Å². The number of nitrogens with zero attached hydrogens (tertiary/aromatic N) is 6. The largest absolute Gasteiger partial charge is 0.464 e. The molecular formula is C29H36N12O7. The van der Waals surface area contributed by atoms with E-state index in [1.807, 2.05) is 0 Å². The van der Waals surface area contributed by atoms with Crippen molar-refractivity contribution in [1.29, 1.82) is 0 Å². The number of aromatic nitrogens is 6. The lowest BCUT2D eigenvalue weighted by atomic mass is 10.3. The third-order valence-electron chi connectivity index (χ3n) is 6.86. The molecule has 19 nitrogen and oxygen atoms in total. The number of hydrogen-bond acceptors (Lipinski definition) is 10. The van der Waals surface area contributed by atoms with E-state index in [0.717, 1.165) is 0 Å². The molecule has 4 heterocycles. The zero-order chi connectivity index (χ0) is 35.1. The number of carbonyl (C=O) groups excluding carboxylic acids is 6. The Morgan fingerprint density at radius 3 is 1.65 bits per heavy atom. The number of anilines is 4. The summed E-state index contributed by atoms with van der Waals surface area (Å²) < 4.78 is 10.6. The molecule has 0 aliphatic rings. The number of nitrogens with two attached hydrogens (primary N) is 1. The molecule has 4 aromatic rings. The summed E-state index contributed by atoms with van der Waals surface area (Å²) >= 11 is 0. The van der Waals surface area contributed by atoms with Crippen molar-refractivity contribution in [3.8, 4) is 0 Å². The number of esters is 1. The van der Waals surface area contributed by atoms with E-state index in [1.165, 1.54) is 56.1 Å². The number of hydrogen-bond donors (Lipinski definition) is 6. The van der Waals surface area contributed by atoms with Gasteiger partial charge in [0.25, 0.3) is 17.7 Å². The van der Waals surface area contributed by atoms with Gasteiger partial charge >= 0.3 is 5.97 Å². The van der Waals surface area contributed by atoms with Crippen LogP contribution in [0.2, 0.25) is 0 Å². The lowest BCUT2D eigenvalue weighted by Crippen LogP contribution is -2.29. The number of rotatable bonds is 13. The second-order valence-electron chi connectivity index (χ2n) is 10.6. The first-order chi connectivity index (χ1) is 22.8. The maximum absolute atomic E-state index is 12.8. The maximum Gasteiger partial charge on any atom is 0.354 e. The minimum atomic E-state index is -0.568. The van der Waals surface area contributed by atoms with Crippen LogP contribution in [-0.2, 0) is 42.5 Å². The minimum absolute atomic E-state index is 0.00584. The van der Waals surface area contributed by atoms with Crippen LogP contribution in [0.25, 0.3) is 0 Å². The molecule has 0 fully saturated rings. The number of methoxy groups -OCH3 is 1. The summed E-state index contributed by atoms with van der Waals surface area (Å²) in [7, 11) is 7.68. The molecule has 0 bridgehead atoms. The van der Waals surface area contributed by atoms with E-state index in [2.05, 4.69) is 36.6 Å². The standard InChI is InChI=1S/C29H36N12O7/c1-38-12-16(32-27(45)24-36-20(14-40(24)3)34-22(42)6-8-30)10-18(38)26(44)31-9-7-23(43)35-21-15-41(4)25(37-21)28(46)33-17-11-19(29(47)48-5)39(2)13-17/h10-15H,6-9,30H2,1-5H3,(H,31,44)(H,32,45)(H,33,46)(H,34,42)(H,35,43). The predicted octanol–water partition coefficient (Wildman–Crippen LogP) is 0.168. The monoisotopic (exact) mass is 664 g/mol. The highest BCUT2D eigenvalue weighted by Crippen LogP contribution is 2.17. The molecule has 0 aliphatic carbocycles. The van der Waals surface area contributed by atoms with Gasteiger partial charge in [0.2, 0.25) is 23.5 Å². The average molecular weight is 665 g/mol. The topological polar surface area (TPSA) is 243 Å². The molecule has 0 unspecified atom stereocenters. The van der Waals surface area contributed by atoms with Gasteiger partial charge in [-0.3, -0.25) is 24.0 Å². The molecule has 4 rings (SSSR count). The lowest BCUT2D eigenvalue weighted by molar-refractivity contribution is -0.116. The Hall–Kier alpha value is -6.24. The van der Waals surface area contributed by atoms with Crippen LogP contribution in [0.5, 0.6) is 0 Å². The van der Waals surface area contributed by atoms with Crippen LogP contribution in [-0.4, -0.2) is 83.9 Å². The number of aryl methyl sites for hydroxylation is 4. The smallest absolute Gasteiger partial charge is 0.354 e. The zero-order valence-corrected chi connectivity index (χ0v) is 26.9. The van der Waals surface area contributed by atoms with Crippen molar-refractivity contribution in [2.24, 2.45) is 33.9 Å². The van der Waals surface area contributed by atoms with E-state index in [9.17, 15) is 28.8 Å². The van der Waals surface area contributed by atoms with Crippen molar-refractivity contribution in [3.63, 3.8) is 0 Å². The van der Waals surface area contributed by atoms with E-state index < -0.39 is 29.6 Å². The van der Waals surface area contributed by atoms with Crippen molar-refractivity contribution in [1.82, 2.24) is 33.6 Å². The number of imidazole rings is 2. The highest BCUT2D eigenvalue weighted by atomic mass is 16.5. The summed E-state index contributed by atoms with van der Waals surface area (Å²) in [4.78, 5) is 82.9. The highest BCUT2D eigenvalue weighted by Gasteiger charge is 2.20. The Morgan fingerprint density at radius 2 is 1.15 bits per heavy atom. The van der Waals surface area contributed by atoms with Gasteiger partial charge in [0, 0.05) is 78.9 Å². The van der Waals surface area contributed by atoms with Crippen molar-refractivity contribution in [3.05, 3.63) is 60.0 Å². The molecule has 5 amide bonds. The first-order valence-corrected chi connectivity index (χ1v) is 14.5. The Bertz CT molecular complexity index is 1880. The van der Waals surface area contributed by atoms with E-state index in [1.54, 1.807) is 34.4 Å². The maximum atomic E-state index is 12.8.